The minimum Gasteiger partial charge on any atom is -0.350 e. The maximum atomic E-state index is 12.6. The number of urea groups is 1. The molecule has 5 N–H and O–H groups in total. The molecule has 3 aromatic carbocycles. The second-order valence-electron chi connectivity index (χ2n) is 9.05. The number of amides is 3. The molecule has 3 amide bonds. The van der Waals surface area contributed by atoms with Gasteiger partial charge in [0.1, 0.15) is 5.82 Å². The van der Waals surface area contributed by atoms with Gasteiger partial charge >= 0.3 is 6.03 Å². The van der Waals surface area contributed by atoms with Gasteiger partial charge in [-0.1, -0.05) is 30.3 Å². The molecule has 0 radical (unpaired) electrons. The molecule has 1 aliphatic rings. The summed E-state index contributed by atoms with van der Waals surface area (Å²) in [6, 6.07) is 22.6. The molecule has 9 heteroatoms. The van der Waals surface area contributed by atoms with E-state index >= 15 is 0 Å². The van der Waals surface area contributed by atoms with Crippen LogP contribution in [0.1, 0.15) is 27.0 Å². The molecule has 4 aromatic rings. The highest BCUT2D eigenvalue weighted by Gasteiger charge is 2.12. The van der Waals surface area contributed by atoms with Gasteiger partial charge in [0.2, 0.25) is 5.95 Å². The summed E-state index contributed by atoms with van der Waals surface area (Å²) in [6.07, 6.45) is 3.30. The first-order valence-electron chi connectivity index (χ1n) is 12.5. The number of carbonyl (C=O) groups is 2. The average molecular weight is 508 g/mol. The van der Waals surface area contributed by atoms with Gasteiger partial charge in [0.05, 0.1) is 0 Å². The number of benzene rings is 3. The molecule has 0 unspecified atom stereocenters. The second-order valence-corrected chi connectivity index (χ2v) is 9.05. The van der Waals surface area contributed by atoms with Crippen molar-refractivity contribution in [3.05, 3.63) is 101 Å². The third-order valence-corrected chi connectivity index (χ3v) is 6.19. The van der Waals surface area contributed by atoms with E-state index < -0.39 is 0 Å². The highest BCUT2D eigenvalue weighted by Crippen LogP contribution is 2.27. The van der Waals surface area contributed by atoms with Crippen molar-refractivity contribution in [1.29, 1.82) is 0 Å². The third kappa shape index (κ3) is 6.25. The average Bonchev–Trinajstić information content (AvgIpc) is 2.93. The van der Waals surface area contributed by atoms with Gasteiger partial charge in [-0.2, -0.15) is 4.98 Å². The maximum Gasteiger partial charge on any atom is 0.319 e. The first-order valence-corrected chi connectivity index (χ1v) is 12.5. The Labute approximate surface area is 221 Å². The minimum absolute atomic E-state index is 0.174. The van der Waals surface area contributed by atoms with Crippen molar-refractivity contribution in [2.45, 2.75) is 19.8 Å². The molecule has 6 bridgehead atoms. The molecule has 192 valence electrons. The predicted molar refractivity (Wildman–Crippen MR) is 149 cm³/mol. The summed E-state index contributed by atoms with van der Waals surface area (Å²) in [6.45, 7) is 2.57. The van der Waals surface area contributed by atoms with Gasteiger partial charge in [-0.15, -0.1) is 0 Å². The summed E-state index contributed by atoms with van der Waals surface area (Å²) in [5, 5.41) is 15.2. The molecule has 5 rings (SSSR count). The lowest BCUT2D eigenvalue weighted by Crippen LogP contribution is -2.37. The van der Waals surface area contributed by atoms with Crippen molar-refractivity contribution in [1.82, 2.24) is 20.6 Å². The Kier molecular flexibility index (Phi) is 7.44. The van der Waals surface area contributed by atoms with Gasteiger partial charge in [0.25, 0.3) is 5.91 Å². The molecule has 0 aliphatic carbocycles. The van der Waals surface area contributed by atoms with Gasteiger partial charge in [-0.25, -0.2) is 9.78 Å². The fourth-order valence-corrected chi connectivity index (χ4v) is 4.19. The number of fused-ring (bicyclic) bond motifs is 6. The lowest BCUT2D eigenvalue weighted by atomic mass is 10.0. The smallest absolute Gasteiger partial charge is 0.319 e. The molecule has 1 aliphatic heterocycles. The number of aryl methyl sites for hydroxylation is 3. The Morgan fingerprint density at radius 2 is 1.68 bits per heavy atom. The molecule has 1 aromatic heterocycles. The number of nitrogens with zero attached hydrogens (tertiary/aromatic N) is 2. The van der Waals surface area contributed by atoms with Crippen LogP contribution in [0.3, 0.4) is 0 Å². The predicted octanol–water partition coefficient (Wildman–Crippen LogP) is 4.92. The van der Waals surface area contributed by atoms with Crippen LogP contribution < -0.4 is 26.6 Å². The summed E-state index contributed by atoms with van der Waals surface area (Å²) < 4.78 is 0. The largest absolute Gasteiger partial charge is 0.350 e. The molecule has 0 fully saturated rings. The van der Waals surface area contributed by atoms with E-state index in [1.165, 1.54) is 0 Å². The highest BCUT2D eigenvalue weighted by atomic mass is 16.2. The zero-order chi connectivity index (χ0) is 26.3. The Morgan fingerprint density at radius 3 is 2.55 bits per heavy atom. The van der Waals surface area contributed by atoms with Crippen molar-refractivity contribution in [2.75, 3.05) is 29.0 Å². The monoisotopic (exact) mass is 507 g/mol. The summed E-state index contributed by atoms with van der Waals surface area (Å²) >= 11 is 0. The van der Waals surface area contributed by atoms with E-state index in [1.807, 2.05) is 55.5 Å². The van der Waals surface area contributed by atoms with Gasteiger partial charge in [-0.05, 0) is 73.4 Å². The fraction of sp³-hybridized carbons (Fsp3) is 0.172. The zero-order valence-corrected chi connectivity index (χ0v) is 21.0. The fourth-order valence-electron chi connectivity index (χ4n) is 4.19. The Balaban J connectivity index is 1.27. The van der Waals surface area contributed by atoms with Crippen LogP contribution in [0.25, 0.3) is 0 Å². The van der Waals surface area contributed by atoms with Gasteiger partial charge in [-0.3, -0.25) is 4.79 Å². The minimum atomic E-state index is -0.332. The van der Waals surface area contributed by atoms with Crippen molar-refractivity contribution in [2.24, 2.45) is 0 Å². The highest BCUT2D eigenvalue weighted by molar-refractivity contribution is 5.94. The Hall–Kier alpha value is -4.92. The van der Waals surface area contributed by atoms with E-state index in [9.17, 15) is 9.59 Å². The van der Waals surface area contributed by atoms with Gasteiger partial charge < -0.3 is 26.6 Å². The van der Waals surface area contributed by atoms with E-state index in [0.29, 0.717) is 30.4 Å². The number of nitrogens with one attached hydrogen (secondary N) is 5. The lowest BCUT2D eigenvalue weighted by molar-refractivity contribution is 0.0954. The summed E-state index contributed by atoms with van der Waals surface area (Å²) in [5.74, 6) is 1.05. The first kappa shape index (κ1) is 24.8. The van der Waals surface area contributed by atoms with Crippen LogP contribution in [0.4, 0.5) is 33.6 Å². The van der Waals surface area contributed by atoms with Crippen LogP contribution in [-0.2, 0) is 12.8 Å². The first-order chi connectivity index (χ1) is 18.5. The van der Waals surface area contributed by atoms with Crippen LogP contribution in [0, 0.1) is 6.92 Å². The van der Waals surface area contributed by atoms with E-state index in [1.54, 1.807) is 18.3 Å². The molecular weight excluding hydrogens is 478 g/mol. The number of hydrogen-bond donors (Lipinski definition) is 5. The molecule has 0 saturated heterocycles. The molecule has 38 heavy (non-hydrogen) atoms. The normalized spacial score (nSPS) is 11.9. The topological polar surface area (TPSA) is 120 Å². The molecule has 2 heterocycles. The number of hydrogen-bond acceptors (Lipinski definition) is 6. The SMILES string of the molecule is Cc1cnc2nc1Nc1ccc(NC(=O)NCCNC(=O)c3ccccc3)c(c1)CCc1cccc(c1)N2. The van der Waals surface area contributed by atoms with Gasteiger partial charge in [0.15, 0.2) is 0 Å². The molecule has 0 spiro atoms. The standard InChI is InChI=1S/C29H29N7O2/c1-19-18-32-28-34-23-9-5-6-20(16-23)10-11-22-17-24(33-26(19)36-28)12-13-25(22)35-29(38)31-15-14-30-27(37)21-7-3-2-4-8-21/h2-9,12-13,16-18H,10-11,14-15H2,1H3,(H,30,37)(H2,31,35,38)(H2,32,33,34,36). The molecular formula is C29H29N7O2. The van der Waals surface area contributed by atoms with Crippen LogP contribution in [0.15, 0.2) is 79.0 Å². The van der Waals surface area contributed by atoms with E-state index in [0.717, 1.165) is 46.6 Å². The van der Waals surface area contributed by atoms with Crippen LogP contribution >= 0.6 is 0 Å². The molecule has 0 atom stereocenters. The number of rotatable bonds is 5. The van der Waals surface area contributed by atoms with Crippen LogP contribution in [0.5, 0.6) is 0 Å². The van der Waals surface area contributed by atoms with Crippen molar-refractivity contribution in [3.63, 3.8) is 0 Å². The quantitative estimate of drug-likeness (QED) is 0.245. The Bertz CT molecular complexity index is 1460. The van der Waals surface area contributed by atoms with E-state index in [4.69, 9.17) is 0 Å². The second kappa shape index (κ2) is 11.4. The van der Waals surface area contributed by atoms with Crippen molar-refractivity contribution < 1.29 is 9.59 Å². The number of carbonyl (C=O) groups excluding carboxylic acids is 2. The van der Waals surface area contributed by atoms with Crippen LogP contribution in [0.2, 0.25) is 0 Å². The van der Waals surface area contributed by atoms with Crippen molar-refractivity contribution >= 4 is 40.8 Å². The zero-order valence-electron chi connectivity index (χ0n) is 21.0. The third-order valence-electron chi connectivity index (χ3n) is 6.19. The molecule has 9 nitrogen and oxygen atoms in total. The molecule has 0 saturated carbocycles. The lowest BCUT2D eigenvalue weighted by Gasteiger charge is -2.15. The van der Waals surface area contributed by atoms with Gasteiger partial charge in [0, 0.05) is 47.5 Å². The summed E-state index contributed by atoms with van der Waals surface area (Å²) in [5.41, 5.74) is 6.16. The van der Waals surface area contributed by atoms with Crippen molar-refractivity contribution in [3.8, 4) is 0 Å². The van der Waals surface area contributed by atoms with Crippen LogP contribution in [-0.4, -0.2) is 35.0 Å². The number of aromatic nitrogens is 2. The Morgan fingerprint density at radius 1 is 0.868 bits per heavy atom. The summed E-state index contributed by atoms with van der Waals surface area (Å²) in [7, 11) is 0. The number of anilines is 5. The van der Waals surface area contributed by atoms with E-state index in [2.05, 4.69) is 48.7 Å². The van der Waals surface area contributed by atoms with E-state index in [-0.39, 0.29) is 11.9 Å². The summed E-state index contributed by atoms with van der Waals surface area (Å²) in [4.78, 5) is 33.9. The maximum absolute atomic E-state index is 12.6.